The van der Waals surface area contributed by atoms with Gasteiger partial charge in [-0.1, -0.05) is 0 Å². The Bertz CT molecular complexity index is 60.0. The van der Waals surface area contributed by atoms with Gasteiger partial charge in [-0.2, -0.15) is 0 Å². The third kappa shape index (κ3) is 5.43. The first kappa shape index (κ1) is 6.43. The molecule has 42 valence electrons. The Balaban J connectivity index is 2.82. The molecule has 0 amide bonds. The predicted molar refractivity (Wildman–Crippen MR) is 21.5 cm³/mol. The Morgan fingerprint density at radius 3 is 2.57 bits per heavy atom. The van der Waals surface area contributed by atoms with E-state index >= 15 is 0 Å². The summed E-state index contributed by atoms with van der Waals surface area (Å²) >= 11 is 0. The first-order valence-electron chi connectivity index (χ1n) is 1.96. The molecule has 0 spiro atoms. The van der Waals surface area contributed by atoms with E-state index in [0.717, 1.165) is 0 Å². The summed E-state index contributed by atoms with van der Waals surface area (Å²) in [6, 6.07) is 0. The number of rotatable bonds is 3. The van der Waals surface area contributed by atoms with Crippen molar-refractivity contribution in [1.29, 1.82) is 0 Å². The largest absolute Gasteiger partial charge is 0.550 e. The van der Waals surface area contributed by atoms with Crippen molar-refractivity contribution in [3.63, 3.8) is 0 Å². The highest BCUT2D eigenvalue weighted by molar-refractivity contribution is 5.64. The molecule has 0 atom stereocenters. The lowest BCUT2D eigenvalue weighted by molar-refractivity contribution is -0.306. The summed E-state index contributed by atoms with van der Waals surface area (Å²) in [7, 11) is 1.45. The molecule has 0 N–H and O–H groups in total. The fraction of sp³-hybridized carbons (Fsp3) is 0.750. The fourth-order valence-corrected chi connectivity index (χ4v) is 0.185. The molecule has 0 rings (SSSR count). The summed E-state index contributed by atoms with van der Waals surface area (Å²) in [6.07, 6.45) is -0.0174. The van der Waals surface area contributed by atoms with Crippen molar-refractivity contribution in [3.05, 3.63) is 0 Å². The number of aliphatic carboxylic acids is 1. The Labute approximate surface area is 41.9 Å². The van der Waals surface area contributed by atoms with E-state index in [4.69, 9.17) is 0 Å². The second kappa shape index (κ2) is 3.61. The van der Waals surface area contributed by atoms with Gasteiger partial charge in [-0.3, -0.25) is 0 Å². The predicted octanol–water partition coefficient (Wildman–Crippen LogP) is -1.23. The van der Waals surface area contributed by atoms with Crippen LogP contribution in [0.15, 0.2) is 0 Å². The highest BCUT2D eigenvalue weighted by Gasteiger charge is 1.80. The number of carbonyl (C=O) groups excluding carboxylic acids is 1. The van der Waals surface area contributed by atoms with Crippen molar-refractivity contribution >= 4 is 5.97 Å². The van der Waals surface area contributed by atoms with Gasteiger partial charge in [0.2, 0.25) is 0 Å². The summed E-state index contributed by atoms with van der Waals surface area (Å²) < 4.78 is 4.43. The van der Waals surface area contributed by atoms with Crippen LogP contribution in [0, 0.1) is 0 Å². The minimum Gasteiger partial charge on any atom is -0.550 e. The smallest absolute Gasteiger partial charge is 0.0514 e. The molecule has 0 aromatic rings. The van der Waals surface area contributed by atoms with Crippen molar-refractivity contribution in [2.45, 2.75) is 6.42 Å². The molecule has 0 aromatic heterocycles. The fourth-order valence-electron chi connectivity index (χ4n) is 0.185. The minimum atomic E-state index is -1.07. The molecular weight excluding hydrogens is 96.0 g/mol. The quantitative estimate of drug-likeness (QED) is 0.449. The van der Waals surface area contributed by atoms with E-state index in [1.54, 1.807) is 0 Å². The van der Waals surface area contributed by atoms with Crippen molar-refractivity contribution < 1.29 is 14.6 Å². The molecule has 0 unspecified atom stereocenters. The zero-order valence-corrected chi connectivity index (χ0v) is 4.14. The van der Waals surface area contributed by atoms with Gasteiger partial charge in [0.25, 0.3) is 0 Å². The molecule has 0 saturated carbocycles. The summed E-state index contributed by atoms with van der Waals surface area (Å²) in [6.45, 7) is 0.238. The lowest BCUT2D eigenvalue weighted by Gasteiger charge is -1.96. The number of carbonyl (C=O) groups is 1. The monoisotopic (exact) mass is 103 g/mol. The van der Waals surface area contributed by atoms with Gasteiger partial charge < -0.3 is 14.6 Å². The van der Waals surface area contributed by atoms with Crippen molar-refractivity contribution in [2.24, 2.45) is 0 Å². The molecule has 0 aromatic carbocycles. The van der Waals surface area contributed by atoms with Crippen molar-refractivity contribution in [2.75, 3.05) is 13.7 Å². The number of hydrogen-bond acceptors (Lipinski definition) is 3. The maximum Gasteiger partial charge on any atom is 0.0514 e. The van der Waals surface area contributed by atoms with Crippen LogP contribution in [0.3, 0.4) is 0 Å². The van der Waals surface area contributed by atoms with E-state index in [2.05, 4.69) is 4.74 Å². The molecule has 0 fully saturated rings. The molecule has 0 aliphatic carbocycles. The van der Waals surface area contributed by atoms with E-state index < -0.39 is 5.97 Å². The first-order valence-corrected chi connectivity index (χ1v) is 1.96. The van der Waals surface area contributed by atoms with Crippen molar-refractivity contribution in [1.82, 2.24) is 0 Å². The van der Waals surface area contributed by atoms with Crippen LogP contribution in [-0.2, 0) is 9.53 Å². The molecule has 0 aliphatic rings. The summed E-state index contributed by atoms with van der Waals surface area (Å²) in [4.78, 5) is 9.57. The van der Waals surface area contributed by atoms with E-state index in [-0.39, 0.29) is 13.0 Å². The van der Waals surface area contributed by atoms with Crippen LogP contribution >= 0.6 is 0 Å². The lowest BCUT2D eigenvalue weighted by Crippen LogP contribution is -2.23. The molecule has 0 saturated heterocycles. The second-order valence-corrected chi connectivity index (χ2v) is 1.11. The topological polar surface area (TPSA) is 49.4 Å². The Kier molecular flexibility index (Phi) is 3.32. The van der Waals surface area contributed by atoms with Crippen molar-refractivity contribution in [3.8, 4) is 0 Å². The normalized spacial score (nSPS) is 8.71. The average Bonchev–Trinajstić information content (AvgIpc) is 1.61. The number of hydrogen-bond donors (Lipinski definition) is 0. The SMILES string of the molecule is COCCC(=O)[O-]. The first-order chi connectivity index (χ1) is 3.27. The van der Waals surface area contributed by atoms with E-state index in [0.29, 0.717) is 0 Å². The van der Waals surface area contributed by atoms with Crippen LogP contribution in [0.5, 0.6) is 0 Å². The maximum atomic E-state index is 9.57. The van der Waals surface area contributed by atoms with Gasteiger partial charge in [0.05, 0.1) is 6.61 Å². The molecule has 0 bridgehead atoms. The van der Waals surface area contributed by atoms with E-state index in [1.807, 2.05) is 0 Å². The van der Waals surface area contributed by atoms with Gasteiger partial charge in [-0.25, -0.2) is 0 Å². The minimum absolute atomic E-state index is 0.0174. The number of carboxylic acids is 1. The summed E-state index contributed by atoms with van der Waals surface area (Å²) in [5.74, 6) is -1.07. The molecule has 0 radical (unpaired) electrons. The molecule has 7 heavy (non-hydrogen) atoms. The number of carboxylic acid groups (broad SMARTS) is 1. The molecule has 0 aliphatic heterocycles. The van der Waals surface area contributed by atoms with Crippen LogP contribution in [0.2, 0.25) is 0 Å². The zero-order chi connectivity index (χ0) is 5.70. The van der Waals surface area contributed by atoms with Gasteiger partial charge in [-0.15, -0.1) is 0 Å². The Morgan fingerprint density at radius 1 is 1.86 bits per heavy atom. The molecule has 0 heterocycles. The molecular formula is C4H7O3-. The molecule has 3 nitrogen and oxygen atoms in total. The van der Waals surface area contributed by atoms with E-state index in [1.165, 1.54) is 7.11 Å². The van der Waals surface area contributed by atoms with E-state index in [9.17, 15) is 9.90 Å². The summed E-state index contributed by atoms with van der Waals surface area (Å²) in [5.41, 5.74) is 0. The molecule has 3 heteroatoms. The highest BCUT2D eigenvalue weighted by atomic mass is 16.5. The van der Waals surface area contributed by atoms with Crippen LogP contribution in [0.4, 0.5) is 0 Å². The highest BCUT2D eigenvalue weighted by Crippen LogP contribution is 1.73. The van der Waals surface area contributed by atoms with Crippen LogP contribution < -0.4 is 5.11 Å². The van der Waals surface area contributed by atoms with Crippen LogP contribution in [-0.4, -0.2) is 19.7 Å². The third-order valence-corrected chi connectivity index (χ3v) is 0.510. The average molecular weight is 103 g/mol. The van der Waals surface area contributed by atoms with Gasteiger partial charge in [0.1, 0.15) is 0 Å². The number of ether oxygens (including phenoxy) is 1. The maximum absolute atomic E-state index is 9.57. The Morgan fingerprint density at radius 2 is 2.43 bits per heavy atom. The Hall–Kier alpha value is -0.570. The van der Waals surface area contributed by atoms with Gasteiger partial charge in [0, 0.05) is 19.5 Å². The van der Waals surface area contributed by atoms with Crippen LogP contribution in [0.25, 0.3) is 0 Å². The zero-order valence-electron chi connectivity index (χ0n) is 4.14. The van der Waals surface area contributed by atoms with Crippen LogP contribution in [0.1, 0.15) is 6.42 Å². The third-order valence-electron chi connectivity index (χ3n) is 0.510. The van der Waals surface area contributed by atoms with Gasteiger partial charge in [0.15, 0.2) is 0 Å². The second-order valence-electron chi connectivity index (χ2n) is 1.11. The number of methoxy groups -OCH3 is 1. The lowest BCUT2D eigenvalue weighted by atomic mass is 10.5. The summed E-state index contributed by atoms with van der Waals surface area (Å²) in [5, 5.41) is 9.57. The van der Waals surface area contributed by atoms with Gasteiger partial charge >= 0.3 is 0 Å². The standard InChI is InChI=1S/C4H8O3/c1-7-3-2-4(5)6/h2-3H2,1H3,(H,5,6)/p-1. The van der Waals surface area contributed by atoms with Gasteiger partial charge in [-0.05, 0) is 0 Å².